The number of anilines is 1. The van der Waals surface area contributed by atoms with E-state index in [1.54, 1.807) is 43.3 Å². The normalized spacial score (nSPS) is 24.3. The first kappa shape index (κ1) is 28.6. The average molecular weight is 577 g/mol. The molecule has 2 aliphatic rings. The molecule has 5 atom stereocenters. The lowest BCUT2D eigenvalue weighted by molar-refractivity contribution is -0.151. The Kier molecular flexibility index (Phi) is 7.81. The summed E-state index contributed by atoms with van der Waals surface area (Å²) in [6.07, 6.45) is 0.475. The SMILES string of the molecule is CCC(C)C1(C(=O)O)NC(c2cccc(OC)c2OCc2ccccc2)C2C(=O)N(c3ccc(C)c(Cl)c3)C(=O)C21. The molecule has 5 unspecified atom stereocenters. The summed E-state index contributed by atoms with van der Waals surface area (Å²) in [5.74, 6) is -4.03. The van der Waals surface area contributed by atoms with Gasteiger partial charge in [-0.05, 0) is 42.2 Å². The zero-order valence-electron chi connectivity index (χ0n) is 23.4. The van der Waals surface area contributed by atoms with Gasteiger partial charge in [-0.25, -0.2) is 4.90 Å². The van der Waals surface area contributed by atoms with Crippen molar-refractivity contribution in [2.24, 2.45) is 17.8 Å². The fourth-order valence-corrected chi connectivity index (χ4v) is 6.36. The van der Waals surface area contributed by atoms with E-state index in [0.29, 0.717) is 34.2 Å². The Labute approximate surface area is 244 Å². The summed E-state index contributed by atoms with van der Waals surface area (Å²) in [6, 6.07) is 19.0. The number of para-hydroxylation sites is 1. The number of hydrogen-bond donors (Lipinski definition) is 2. The Morgan fingerprint density at radius 1 is 1.10 bits per heavy atom. The minimum atomic E-state index is -1.69. The number of fused-ring (bicyclic) bond motifs is 1. The zero-order valence-corrected chi connectivity index (χ0v) is 24.1. The second-order valence-electron chi connectivity index (χ2n) is 10.7. The molecule has 0 aliphatic carbocycles. The molecule has 0 bridgehead atoms. The van der Waals surface area contributed by atoms with Gasteiger partial charge in [0.05, 0.1) is 24.6 Å². The topological polar surface area (TPSA) is 105 Å². The van der Waals surface area contributed by atoms with E-state index in [1.807, 2.05) is 44.2 Å². The summed E-state index contributed by atoms with van der Waals surface area (Å²) >= 11 is 6.37. The Hall–Kier alpha value is -3.88. The number of carbonyl (C=O) groups excluding carboxylic acids is 2. The van der Waals surface area contributed by atoms with Crippen molar-refractivity contribution in [1.29, 1.82) is 0 Å². The lowest BCUT2D eigenvalue weighted by atomic mass is 9.72. The Morgan fingerprint density at radius 2 is 1.83 bits per heavy atom. The lowest BCUT2D eigenvalue weighted by Gasteiger charge is -2.36. The molecule has 2 N–H and O–H groups in total. The van der Waals surface area contributed by atoms with Gasteiger partial charge in [0.15, 0.2) is 11.5 Å². The van der Waals surface area contributed by atoms with Crippen molar-refractivity contribution in [3.8, 4) is 11.5 Å². The van der Waals surface area contributed by atoms with E-state index in [-0.39, 0.29) is 6.61 Å². The lowest BCUT2D eigenvalue weighted by Crippen LogP contribution is -2.59. The van der Waals surface area contributed by atoms with Gasteiger partial charge in [-0.3, -0.25) is 19.7 Å². The summed E-state index contributed by atoms with van der Waals surface area (Å²) in [5.41, 5.74) is 0.894. The number of nitrogens with one attached hydrogen (secondary N) is 1. The van der Waals surface area contributed by atoms with Gasteiger partial charge in [-0.15, -0.1) is 0 Å². The van der Waals surface area contributed by atoms with E-state index in [1.165, 1.54) is 7.11 Å². The third kappa shape index (κ3) is 4.65. The van der Waals surface area contributed by atoms with Crippen molar-refractivity contribution in [2.75, 3.05) is 12.0 Å². The Bertz CT molecular complexity index is 1490. The van der Waals surface area contributed by atoms with E-state index < -0.39 is 47.1 Å². The minimum Gasteiger partial charge on any atom is -0.493 e. The van der Waals surface area contributed by atoms with Gasteiger partial charge in [-0.2, -0.15) is 0 Å². The summed E-state index contributed by atoms with van der Waals surface area (Å²) < 4.78 is 11.9. The van der Waals surface area contributed by atoms with Crippen LogP contribution in [0.1, 0.15) is 43.0 Å². The van der Waals surface area contributed by atoms with Crippen molar-refractivity contribution < 1.29 is 29.0 Å². The number of rotatable bonds is 9. The monoisotopic (exact) mass is 576 g/mol. The number of hydrogen-bond acceptors (Lipinski definition) is 6. The van der Waals surface area contributed by atoms with Gasteiger partial charge in [0.1, 0.15) is 12.1 Å². The highest BCUT2D eigenvalue weighted by Crippen LogP contribution is 2.55. The number of carbonyl (C=O) groups is 3. The third-order valence-electron chi connectivity index (χ3n) is 8.54. The van der Waals surface area contributed by atoms with Gasteiger partial charge in [-0.1, -0.05) is 80.4 Å². The molecule has 2 aliphatic heterocycles. The van der Waals surface area contributed by atoms with Crippen LogP contribution in [0.25, 0.3) is 0 Å². The van der Waals surface area contributed by atoms with Crippen LogP contribution in [0.2, 0.25) is 5.02 Å². The highest BCUT2D eigenvalue weighted by Gasteiger charge is 2.70. The van der Waals surface area contributed by atoms with Crippen molar-refractivity contribution in [3.05, 3.63) is 88.4 Å². The second-order valence-corrected chi connectivity index (χ2v) is 11.1. The number of amides is 2. The number of methoxy groups -OCH3 is 1. The molecule has 0 saturated carbocycles. The van der Waals surface area contributed by atoms with Gasteiger partial charge in [0.25, 0.3) is 0 Å². The number of carboxylic acids is 1. The van der Waals surface area contributed by atoms with Crippen LogP contribution < -0.4 is 19.7 Å². The van der Waals surface area contributed by atoms with Crippen LogP contribution in [0.3, 0.4) is 0 Å². The standard InChI is InChI=1S/C32H33ClN2O6/c1-5-19(3)32(31(38)39)26-25(29(36)35(30(26)37)21-15-14-18(2)23(33)16-21)27(34-32)22-12-9-13-24(40-4)28(22)41-17-20-10-7-6-8-11-20/h6-16,19,25-27,34H,5,17H2,1-4H3,(H,38,39). The zero-order chi connectivity index (χ0) is 29.5. The minimum absolute atomic E-state index is 0.228. The molecule has 5 rings (SSSR count). The van der Waals surface area contributed by atoms with Gasteiger partial charge in [0.2, 0.25) is 11.8 Å². The largest absolute Gasteiger partial charge is 0.493 e. The Morgan fingerprint density at radius 3 is 2.46 bits per heavy atom. The summed E-state index contributed by atoms with van der Waals surface area (Å²) in [5, 5.41) is 14.4. The molecule has 0 radical (unpaired) electrons. The molecule has 3 aromatic carbocycles. The molecule has 3 aromatic rings. The highest BCUT2D eigenvalue weighted by atomic mass is 35.5. The first-order chi connectivity index (χ1) is 19.6. The molecule has 0 aromatic heterocycles. The molecule has 41 heavy (non-hydrogen) atoms. The van der Waals surface area contributed by atoms with Crippen LogP contribution in [-0.2, 0) is 21.0 Å². The fourth-order valence-electron chi connectivity index (χ4n) is 6.19. The van der Waals surface area contributed by atoms with Gasteiger partial charge in [0, 0.05) is 16.6 Å². The van der Waals surface area contributed by atoms with E-state index in [2.05, 4.69) is 5.32 Å². The first-order valence-electron chi connectivity index (χ1n) is 13.6. The molecular weight excluding hydrogens is 544 g/mol. The number of nitrogens with zero attached hydrogens (tertiary/aromatic N) is 1. The number of halogens is 1. The number of aliphatic carboxylic acids is 1. The quantitative estimate of drug-likeness (QED) is 0.321. The summed E-state index contributed by atoms with van der Waals surface area (Å²) in [7, 11) is 1.52. The fraction of sp³-hybridized carbons (Fsp3) is 0.344. The van der Waals surface area contributed by atoms with E-state index in [4.69, 9.17) is 21.1 Å². The molecule has 214 valence electrons. The number of carboxylic acid groups (broad SMARTS) is 1. The predicted molar refractivity (Wildman–Crippen MR) is 155 cm³/mol. The van der Waals surface area contributed by atoms with Crippen LogP contribution in [0.15, 0.2) is 66.7 Å². The molecule has 2 saturated heterocycles. The van der Waals surface area contributed by atoms with Crippen molar-refractivity contribution in [1.82, 2.24) is 5.32 Å². The predicted octanol–water partition coefficient (Wildman–Crippen LogP) is 5.56. The first-order valence-corrected chi connectivity index (χ1v) is 14.0. The maximum absolute atomic E-state index is 14.2. The molecule has 0 spiro atoms. The maximum Gasteiger partial charge on any atom is 0.325 e. The Balaban J connectivity index is 1.65. The summed E-state index contributed by atoms with van der Waals surface area (Å²) in [4.78, 5) is 42.6. The maximum atomic E-state index is 14.2. The van der Waals surface area contributed by atoms with Crippen LogP contribution in [0.4, 0.5) is 5.69 Å². The molecule has 9 heteroatoms. The van der Waals surface area contributed by atoms with Crippen LogP contribution in [-0.4, -0.2) is 35.5 Å². The average Bonchev–Trinajstić information content (AvgIpc) is 3.47. The number of ether oxygens (including phenoxy) is 2. The molecule has 8 nitrogen and oxygen atoms in total. The van der Waals surface area contributed by atoms with Crippen LogP contribution in [0, 0.1) is 24.7 Å². The number of benzene rings is 3. The third-order valence-corrected chi connectivity index (χ3v) is 8.95. The van der Waals surface area contributed by atoms with E-state index in [0.717, 1.165) is 16.0 Å². The molecule has 2 heterocycles. The van der Waals surface area contributed by atoms with Gasteiger partial charge < -0.3 is 14.6 Å². The van der Waals surface area contributed by atoms with Crippen LogP contribution >= 0.6 is 11.6 Å². The molecule has 2 amide bonds. The van der Waals surface area contributed by atoms with Crippen molar-refractivity contribution in [2.45, 2.75) is 45.4 Å². The van der Waals surface area contributed by atoms with Crippen molar-refractivity contribution >= 4 is 35.1 Å². The highest BCUT2D eigenvalue weighted by molar-refractivity contribution is 6.32. The second kappa shape index (κ2) is 11.2. The number of aryl methyl sites for hydroxylation is 1. The number of imide groups is 1. The van der Waals surface area contributed by atoms with Gasteiger partial charge >= 0.3 is 5.97 Å². The summed E-state index contributed by atoms with van der Waals surface area (Å²) in [6.45, 7) is 5.72. The molecule has 2 fully saturated rings. The molecular formula is C32H33ClN2O6. The van der Waals surface area contributed by atoms with Crippen molar-refractivity contribution in [3.63, 3.8) is 0 Å². The van der Waals surface area contributed by atoms with E-state index >= 15 is 0 Å². The van der Waals surface area contributed by atoms with Crippen LogP contribution in [0.5, 0.6) is 11.5 Å². The smallest absolute Gasteiger partial charge is 0.325 e. The van der Waals surface area contributed by atoms with E-state index in [9.17, 15) is 19.5 Å².